The summed E-state index contributed by atoms with van der Waals surface area (Å²) < 4.78 is 9.54. The molecule has 0 aromatic rings. The lowest BCUT2D eigenvalue weighted by atomic mass is 9.95. The van der Waals surface area contributed by atoms with Gasteiger partial charge in [-0.15, -0.1) is 0 Å². The van der Waals surface area contributed by atoms with E-state index in [1.165, 1.54) is 14.2 Å². The Morgan fingerprint density at radius 2 is 1.94 bits per heavy atom. The van der Waals surface area contributed by atoms with Crippen LogP contribution in [0.4, 0.5) is 4.79 Å². The predicted molar refractivity (Wildman–Crippen MR) is 60.0 cm³/mol. The number of alkyl carbamates (subject to hydrolysis) is 1. The number of hydrogen-bond donors (Lipinski definition) is 1. The van der Waals surface area contributed by atoms with Gasteiger partial charge >= 0.3 is 12.1 Å². The highest BCUT2D eigenvalue weighted by atomic mass is 16.5. The number of amides is 1. The largest absolute Gasteiger partial charge is 0.469 e. The van der Waals surface area contributed by atoms with Gasteiger partial charge in [0, 0.05) is 13.0 Å². The van der Waals surface area contributed by atoms with Gasteiger partial charge in [0.25, 0.3) is 0 Å². The second-order valence-corrected chi connectivity index (χ2v) is 4.12. The molecule has 1 atom stereocenters. The van der Waals surface area contributed by atoms with E-state index in [4.69, 9.17) is 4.74 Å². The minimum atomic E-state index is -0.473. The number of ether oxygens (including phenoxy) is 2. The zero-order valence-electron chi connectivity index (χ0n) is 10.4. The Hall–Kier alpha value is -1.26. The molecule has 0 aliphatic rings. The van der Waals surface area contributed by atoms with Crippen molar-refractivity contribution < 1.29 is 19.1 Å². The summed E-state index contributed by atoms with van der Waals surface area (Å²) in [7, 11) is 2.86. The molecule has 0 spiro atoms. The fourth-order valence-corrected chi connectivity index (χ4v) is 1.46. The molecule has 0 rings (SSSR count). The normalized spacial score (nSPS) is 12.1. The van der Waals surface area contributed by atoms with E-state index in [-0.39, 0.29) is 24.9 Å². The van der Waals surface area contributed by atoms with Gasteiger partial charge in [-0.3, -0.25) is 4.79 Å². The van der Waals surface area contributed by atoms with Crippen LogP contribution < -0.4 is 5.32 Å². The van der Waals surface area contributed by atoms with Crippen molar-refractivity contribution in [2.45, 2.75) is 26.7 Å². The smallest absolute Gasteiger partial charge is 0.406 e. The summed E-state index contributed by atoms with van der Waals surface area (Å²) in [5, 5.41) is 2.36. The maximum absolute atomic E-state index is 11.1. The molecule has 0 aromatic heterocycles. The van der Waals surface area contributed by atoms with Gasteiger partial charge in [0.15, 0.2) is 0 Å². The van der Waals surface area contributed by atoms with Crippen LogP contribution in [-0.2, 0) is 14.3 Å². The molecule has 0 heterocycles. The fraction of sp³-hybridized carbons (Fsp3) is 0.818. The Labute approximate surface area is 96.5 Å². The van der Waals surface area contributed by atoms with E-state index in [9.17, 15) is 9.59 Å². The van der Waals surface area contributed by atoms with E-state index in [0.29, 0.717) is 5.92 Å². The molecule has 0 fully saturated rings. The molecule has 1 unspecified atom stereocenters. The Morgan fingerprint density at radius 3 is 2.38 bits per heavy atom. The van der Waals surface area contributed by atoms with Gasteiger partial charge in [-0.1, -0.05) is 13.8 Å². The van der Waals surface area contributed by atoms with E-state index in [0.717, 1.165) is 6.42 Å². The Morgan fingerprint density at radius 1 is 1.31 bits per heavy atom. The van der Waals surface area contributed by atoms with Gasteiger partial charge in [-0.25, -0.2) is 4.79 Å². The highest BCUT2D eigenvalue weighted by molar-refractivity contribution is 5.69. The Bertz CT molecular complexity index is 228. The van der Waals surface area contributed by atoms with Gasteiger partial charge in [0.2, 0.25) is 0 Å². The average molecular weight is 231 g/mol. The maximum Gasteiger partial charge on any atom is 0.406 e. The Kier molecular flexibility index (Phi) is 7.33. The molecule has 16 heavy (non-hydrogen) atoms. The first kappa shape index (κ1) is 14.7. The summed E-state index contributed by atoms with van der Waals surface area (Å²) >= 11 is 0. The topological polar surface area (TPSA) is 64.6 Å². The van der Waals surface area contributed by atoms with Crippen LogP contribution in [0, 0.1) is 11.8 Å². The summed E-state index contributed by atoms with van der Waals surface area (Å²) in [4.78, 5) is 22.0. The highest BCUT2D eigenvalue weighted by Gasteiger charge is 2.17. The number of esters is 1. The van der Waals surface area contributed by atoms with Crippen molar-refractivity contribution in [3.8, 4) is 0 Å². The quantitative estimate of drug-likeness (QED) is 0.705. The van der Waals surface area contributed by atoms with E-state index >= 15 is 0 Å². The molecule has 0 aliphatic carbocycles. The molecule has 1 N–H and O–H groups in total. The van der Waals surface area contributed by atoms with E-state index in [1.807, 2.05) is 0 Å². The lowest BCUT2D eigenvalue weighted by Gasteiger charge is -2.17. The summed E-state index contributed by atoms with van der Waals surface area (Å²) in [6.45, 7) is 4.36. The monoisotopic (exact) mass is 231 g/mol. The van der Waals surface area contributed by atoms with Crippen molar-refractivity contribution in [1.82, 2.24) is 5.32 Å². The Balaban J connectivity index is 4.09. The third kappa shape index (κ3) is 7.09. The SMILES string of the molecule is CNC(=O)OCC(CC(=O)OC)CC(C)C. The van der Waals surface area contributed by atoms with Gasteiger partial charge in [0.05, 0.1) is 20.1 Å². The molecular formula is C11H21NO4. The van der Waals surface area contributed by atoms with Crippen molar-refractivity contribution in [2.24, 2.45) is 11.8 Å². The standard InChI is InChI=1S/C11H21NO4/c1-8(2)5-9(6-10(13)15-4)7-16-11(14)12-3/h8-9H,5-7H2,1-4H3,(H,12,14). The maximum atomic E-state index is 11.1. The molecule has 0 bridgehead atoms. The van der Waals surface area contributed by atoms with Crippen LogP contribution in [0.2, 0.25) is 0 Å². The average Bonchev–Trinajstić information content (AvgIpc) is 2.24. The first-order valence-corrected chi connectivity index (χ1v) is 5.40. The van der Waals surface area contributed by atoms with Crippen LogP contribution in [-0.4, -0.2) is 32.8 Å². The lowest BCUT2D eigenvalue weighted by Crippen LogP contribution is -2.24. The van der Waals surface area contributed by atoms with E-state index < -0.39 is 6.09 Å². The molecule has 5 heteroatoms. The van der Waals surface area contributed by atoms with Gasteiger partial charge in [-0.2, -0.15) is 0 Å². The predicted octanol–water partition coefficient (Wildman–Crippen LogP) is 1.57. The molecule has 0 aromatic carbocycles. The summed E-state index contributed by atoms with van der Waals surface area (Å²) in [5.41, 5.74) is 0. The first-order chi connectivity index (χ1) is 7.49. The summed E-state index contributed by atoms with van der Waals surface area (Å²) in [5.74, 6) is 0.193. The van der Waals surface area contributed by atoms with Crippen molar-refractivity contribution in [2.75, 3.05) is 20.8 Å². The number of methoxy groups -OCH3 is 1. The zero-order chi connectivity index (χ0) is 12.6. The van der Waals surface area contributed by atoms with Crippen LogP contribution in [0.3, 0.4) is 0 Å². The van der Waals surface area contributed by atoms with E-state index in [1.54, 1.807) is 0 Å². The van der Waals surface area contributed by atoms with Crippen LogP contribution in [0.25, 0.3) is 0 Å². The van der Waals surface area contributed by atoms with Crippen LogP contribution in [0.5, 0.6) is 0 Å². The lowest BCUT2D eigenvalue weighted by molar-refractivity contribution is -0.142. The molecule has 1 amide bonds. The molecule has 94 valence electrons. The summed E-state index contributed by atoms with van der Waals surface area (Å²) in [6, 6.07) is 0. The van der Waals surface area contributed by atoms with Crippen molar-refractivity contribution in [3.63, 3.8) is 0 Å². The minimum Gasteiger partial charge on any atom is -0.469 e. The second kappa shape index (κ2) is 7.96. The molecule has 0 aliphatic heterocycles. The van der Waals surface area contributed by atoms with Gasteiger partial charge in [-0.05, 0) is 12.3 Å². The van der Waals surface area contributed by atoms with Crippen LogP contribution in [0.1, 0.15) is 26.7 Å². The minimum absolute atomic E-state index is 0.0183. The number of carbonyl (C=O) groups excluding carboxylic acids is 2. The van der Waals surface area contributed by atoms with Crippen LogP contribution >= 0.6 is 0 Å². The fourth-order valence-electron chi connectivity index (χ4n) is 1.46. The molecular weight excluding hydrogens is 210 g/mol. The molecule has 0 saturated carbocycles. The summed E-state index contributed by atoms with van der Waals surface area (Å²) in [6.07, 6.45) is 0.635. The molecule has 0 saturated heterocycles. The number of hydrogen-bond acceptors (Lipinski definition) is 4. The van der Waals surface area contributed by atoms with Crippen molar-refractivity contribution >= 4 is 12.1 Å². The molecule has 0 radical (unpaired) electrons. The van der Waals surface area contributed by atoms with Crippen molar-refractivity contribution in [1.29, 1.82) is 0 Å². The second-order valence-electron chi connectivity index (χ2n) is 4.12. The van der Waals surface area contributed by atoms with E-state index in [2.05, 4.69) is 23.9 Å². The number of nitrogens with one attached hydrogen (secondary N) is 1. The molecule has 5 nitrogen and oxygen atoms in total. The first-order valence-electron chi connectivity index (χ1n) is 5.40. The number of rotatable bonds is 6. The third-order valence-electron chi connectivity index (χ3n) is 2.14. The van der Waals surface area contributed by atoms with Crippen LogP contribution in [0.15, 0.2) is 0 Å². The van der Waals surface area contributed by atoms with Crippen molar-refractivity contribution in [3.05, 3.63) is 0 Å². The number of carbonyl (C=O) groups is 2. The highest BCUT2D eigenvalue weighted by Crippen LogP contribution is 2.16. The van der Waals surface area contributed by atoms with Gasteiger partial charge < -0.3 is 14.8 Å². The zero-order valence-corrected chi connectivity index (χ0v) is 10.4. The third-order valence-corrected chi connectivity index (χ3v) is 2.14. The van der Waals surface area contributed by atoms with Gasteiger partial charge in [0.1, 0.15) is 0 Å².